The summed E-state index contributed by atoms with van der Waals surface area (Å²) in [4.78, 5) is 29.2. The largest absolute Gasteiger partial charge is 0.350 e. The summed E-state index contributed by atoms with van der Waals surface area (Å²) < 4.78 is 0. The summed E-state index contributed by atoms with van der Waals surface area (Å²) in [5, 5.41) is 8.87. The van der Waals surface area contributed by atoms with Crippen molar-refractivity contribution in [3.05, 3.63) is 120 Å². The van der Waals surface area contributed by atoms with Crippen molar-refractivity contribution in [1.82, 2.24) is 15.5 Å². The lowest BCUT2D eigenvalue weighted by Crippen LogP contribution is -2.49. The first-order valence-electron chi connectivity index (χ1n) is 14.3. The highest BCUT2D eigenvalue weighted by molar-refractivity contribution is 5.98. The third-order valence-electron chi connectivity index (χ3n) is 7.75. The van der Waals surface area contributed by atoms with Crippen molar-refractivity contribution < 1.29 is 9.59 Å². The zero-order chi connectivity index (χ0) is 27.7. The van der Waals surface area contributed by atoms with Crippen LogP contribution in [0.25, 0.3) is 10.8 Å². The molecule has 1 saturated heterocycles. The summed E-state index contributed by atoms with van der Waals surface area (Å²) >= 11 is 0. The van der Waals surface area contributed by atoms with E-state index in [1.807, 2.05) is 83.8 Å². The summed E-state index contributed by atoms with van der Waals surface area (Å²) in [6.07, 6.45) is 3.17. The van der Waals surface area contributed by atoms with Gasteiger partial charge >= 0.3 is 0 Å². The van der Waals surface area contributed by atoms with Gasteiger partial charge in [-0.25, -0.2) is 0 Å². The molecule has 2 atom stereocenters. The molecule has 6 heteroatoms. The molecule has 4 N–H and O–H groups in total. The molecular weight excluding hydrogens is 496 g/mol. The number of nitrogens with two attached hydrogens (primary N) is 1. The maximum Gasteiger partial charge on any atom is 0.251 e. The molecule has 40 heavy (non-hydrogen) atoms. The number of nitrogens with zero attached hydrogens (tertiary/aromatic N) is 1. The van der Waals surface area contributed by atoms with Gasteiger partial charge in [0, 0.05) is 24.7 Å². The first-order chi connectivity index (χ1) is 19.6. The number of benzene rings is 4. The van der Waals surface area contributed by atoms with Crippen LogP contribution in [-0.2, 0) is 4.79 Å². The molecule has 4 aromatic rings. The SMILES string of the molecule is NCCCC[C@@H]1N[C@H](CNC(=O)c2ccc3ccccc3c2)CCN(C(c2ccccc2)c2ccccc2)C1=O. The molecule has 4 aromatic carbocycles. The first-order valence-corrected chi connectivity index (χ1v) is 14.3. The number of fused-ring (bicyclic) bond motifs is 1. The molecule has 0 unspecified atom stereocenters. The lowest BCUT2D eigenvalue weighted by atomic mass is 9.96. The maximum absolute atomic E-state index is 14.1. The molecule has 1 fully saturated rings. The van der Waals surface area contributed by atoms with Crippen LogP contribution in [0.15, 0.2) is 103 Å². The molecular formula is C34H38N4O2. The van der Waals surface area contributed by atoms with E-state index in [9.17, 15) is 9.59 Å². The highest BCUT2D eigenvalue weighted by atomic mass is 16.2. The molecule has 0 aromatic heterocycles. The van der Waals surface area contributed by atoms with Crippen molar-refractivity contribution in [2.75, 3.05) is 19.6 Å². The lowest BCUT2D eigenvalue weighted by Gasteiger charge is -2.33. The molecule has 206 valence electrons. The topological polar surface area (TPSA) is 87.5 Å². The lowest BCUT2D eigenvalue weighted by molar-refractivity contribution is -0.134. The van der Waals surface area contributed by atoms with Gasteiger partial charge in [-0.1, -0.05) is 97.4 Å². The van der Waals surface area contributed by atoms with Gasteiger partial charge in [0.15, 0.2) is 0 Å². The van der Waals surface area contributed by atoms with E-state index < -0.39 is 0 Å². The number of hydrogen-bond donors (Lipinski definition) is 3. The Balaban J connectivity index is 1.35. The van der Waals surface area contributed by atoms with Crippen LogP contribution in [-0.4, -0.2) is 48.4 Å². The van der Waals surface area contributed by atoms with Gasteiger partial charge in [-0.05, 0) is 59.8 Å². The Morgan fingerprint density at radius 3 is 2.20 bits per heavy atom. The average molecular weight is 535 g/mol. The maximum atomic E-state index is 14.1. The van der Waals surface area contributed by atoms with E-state index in [4.69, 9.17) is 5.73 Å². The fourth-order valence-corrected chi connectivity index (χ4v) is 5.63. The van der Waals surface area contributed by atoms with Crippen LogP contribution in [0.1, 0.15) is 53.2 Å². The predicted molar refractivity (Wildman–Crippen MR) is 161 cm³/mol. The molecule has 6 nitrogen and oxygen atoms in total. The normalized spacial score (nSPS) is 17.6. The number of rotatable bonds is 10. The number of carbonyl (C=O) groups excluding carboxylic acids is 2. The Morgan fingerprint density at radius 2 is 1.52 bits per heavy atom. The number of carbonyl (C=O) groups is 2. The summed E-state index contributed by atoms with van der Waals surface area (Å²) in [5.41, 5.74) is 8.59. The highest BCUT2D eigenvalue weighted by Crippen LogP contribution is 2.31. The zero-order valence-corrected chi connectivity index (χ0v) is 22.8. The van der Waals surface area contributed by atoms with E-state index in [0.717, 1.165) is 41.2 Å². The van der Waals surface area contributed by atoms with Gasteiger partial charge < -0.3 is 21.3 Å². The van der Waals surface area contributed by atoms with E-state index in [0.29, 0.717) is 31.6 Å². The van der Waals surface area contributed by atoms with Crippen LogP contribution in [0.2, 0.25) is 0 Å². The second-order valence-corrected chi connectivity index (χ2v) is 10.5. The molecule has 1 aliphatic heterocycles. The summed E-state index contributed by atoms with van der Waals surface area (Å²) in [6.45, 7) is 1.64. The molecule has 1 heterocycles. The van der Waals surface area contributed by atoms with Gasteiger partial charge in [0.1, 0.15) is 0 Å². The fourth-order valence-electron chi connectivity index (χ4n) is 5.63. The van der Waals surface area contributed by atoms with E-state index in [1.54, 1.807) is 0 Å². The summed E-state index contributed by atoms with van der Waals surface area (Å²) in [5.74, 6) is -0.0100. The van der Waals surface area contributed by atoms with E-state index >= 15 is 0 Å². The quantitative estimate of drug-likeness (QED) is 0.249. The van der Waals surface area contributed by atoms with Gasteiger partial charge in [-0.15, -0.1) is 0 Å². The van der Waals surface area contributed by atoms with Gasteiger partial charge in [0.05, 0.1) is 12.1 Å². The van der Waals surface area contributed by atoms with Gasteiger partial charge in [0.2, 0.25) is 5.91 Å². The van der Waals surface area contributed by atoms with Crippen LogP contribution < -0.4 is 16.4 Å². The minimum Gasteiger partial charge on any atom is -0.350 e. The number of unbranched alkanes of at least 4 members (excludes halogenated alkanes) is 1. The van der Waals surface area contributed by atoms with Crippen molar-refractivity contribution in [3.8, 4) is 0 Å². The zero-order valence-electron chi connectivity index (χ0n) is 22.8. The van der Waals surface area contributed by atoms with Crippen molar-refractivity contribution in [1.29, 1.82) is 0 Å². The van der Waals surface area contributed by atoms with Crippen LogP contribution >= 0.6 is 0 Å². The summed E-state index contributed by atoms with van der Waals surface area (Å²) in [6, 6.07) is 33.7. The fraction of sp³-hybridized carbons (Fsp3) is 0.294. The van der Waals surface area contributed by atoms with Crippen molar-refractivity contribution in [3.63, 3.8) is 0 Å². The Morgan fingerprint density at radius 1 is 0.875 bits per heavy atom. The van der Waals surface area contributed by atoms with Gasteiger partial charge in [-0.2, -0.15) is 0 Å². The molecule has 0 radical (unpaired) electrons. The minimum absolute atomic E-state index is 0.0339. The molecule has 5 rings (SSSR count). The molecule has 1 aliphatic rings. The van der Waals surface area contributed by atoms with E-state index in [1.165, 1.54) is 0 Å². The number of hydrogen-bond acceptors (Lipinski definition) is 4. The predicted octanol–water partition coefficient (Wildman–Crippen LogP) is 5.05. The molecule has 0 saturated carbocycles. The van der Waals surface area contributed by atoms with Gasteiger partial charge in [0.25, 0.3) is 5.91 Å². The molecule has 0 aliphatic carbocycles. The Hall–Kier alpha value is -4.00. The van der Waals surface area contributed by atoms with Crippen molar-refractivity contribution in [2.45, 2.75) is 43.8 Å². The summed E-state index contributed by atoms with van der Waals surface area (Å²) in [7, 11) is 0. The highest BCUT2D eigenvalue weighted by Gasteiger charge is 2.35. The molecule has 2 amide bonds. The number of nitrogens with one attached hydrogen (secondary N) is 2. The smallest absolute Gasteiger partial charge is 0.251 e. The van der Waals surface area contributed by atoms with Crippen LogP contribution in [0.4, 0.5) is 0 Å². The Kier molecular flexibility index (Phi) is 9.22. The molecule has 0 spiro atoms. The second kappa shape index (κ2) is 13.4. The Bertz CT molecular complexity index is 1370. The van der Waals surface area contributed by atoms with Crippen molar-refractivity contribution >= 4 is 22.6 Å². The van der Waals surface area contributed by atoms with Crippen molar-refractivity contribution in [2.24, 2.45) is 5.73 Å². The van der Waals surface area contributed by atoms with E-state index in [-0.39, 0.29) is 29.9 Å². The molecule has 0 bridgehead atoms. The van der Waals surface area contributed by atoms with Crippen LogP contribution in [0.3, 0.4) is 0 Å². The Labute approximate surface area is 236 Å². The van der Waals surface area contributed by atoms with Gasteiger partial charge in [-0.3, -0.25) is 9.59 Å². The second-order valence-electron chi connectivity index (χ2n) is 10.5. The standard InChI is InChI=1S/C34H38N4O2/c35-21-10-9-17-31-34(40)38(32(26-12-3-1-4-13-26)27-14-5-2-6-15-27)22-20-30(37-31)24-36-33(39)29-19-18-25-11-7-8-16-28(25)23-29/h1-8,11-16,18-19,23,30-32,37H,9-10,17,20-22,24,35H2,(H,36,39)/t30-,31-/m0/s1. The van der Waals surface area contributed by atoms with Crippen LogP contribution in [0.5, 0.6) is 0 Å². The third-order valence-corrected chi connectivity index (χ3v) is 7.75. The number of amides is 2. The third kappa shape index (κ3) is 6.58. The first kappa shape index (κ1) is 27.6. The average Bonchev–Trinajstić information content (AvgIpc) is 3.15. The minimum atomic E-state index is -0.341. The monoisotopic (exact) mass is 534 g/mol. The van der Waals surface area contributed by atoms with E-state index in [2.05, 4.69) is 34.9 Å². The van der Waals surface area contributed by atoms with Crippen LogP contribution in [0, 0.1) is 0 Å².